The maximum atomic E-state index is 13.1. The molecule has 2 aromatic rings. The van der Waals surface area contributed by atoms with Crippen LogP contribution in [0.15, 0.2) is 36.4 Å². The summed E-state index contributed by atoms with van der Waals surface area (Å²) in [7, 11) is 1.55. The summed E-state index contributed by atoms with van der Waals surface area (Å²) in [6.07, 6.45) is 0. The molecular weight excluding hydrogens is 334 g/mol. The molecule has 21 heavy (non-hydrogen) atoms. The third kappa shape index (κ3) is 4.20. The number of ether oxygens (including phenoxy) is 1. The van der Waals surface area contributed by atoms with Gasteiger partial charge in [-0.15, -0.1) is 0 Å². The van der Waals surface area contributed by atoms with E-state index in [-0.39, 0.29) is 5.02 Å². The highest BCUT2D eigenvalue weighted by atomic mass is 35.5. The minimum atomic E-state index is -0.488. The predicted octanol–water partition coefficient (Wildman–Crippen LogP) is 4.95. The molecule has 0 fully saturated rings. The first kappa shape index (κ1) is 15.8. The fourth-order valence-electron chi connectivity index (χ4n) is 1.64. The van der Waals surface area contributed by atoms with E-state index in [1.54, 1.807) is 25.3 Å². The van der Waals surface area contributed by atoms with Crippen molar-refractivity contribution in [2.24, 2.45) is 0 Å². The molecule has 0 saturated heterocycles. The fourth-order valence-corrected chi connectivity index (χ4v) is 2.22. The van der Waals surface area contributed by atoms with Gasteiger partial charge in [0.15, 0.2) is 5.11 Å². The highest BCUT2D eigenvalue weighted by molar-refractivity contribution is 7.80. The molecule has 0 radical (unpaired) electrons. The van der Waals surface area contributed by atoms with E-state index >= 15 is 0 Å². The van der Waals surface area contributed by atoms with Gasteiger partial charge in [0.1, 0.15) is 11.6 Å². The Hall–Kier alpha value is -1.56. The van der Waals surface area contributed by atoms with Gasteiger partial charge in [-0.05, 0) is 48.6 Å². The Bertz CT molecular complexity index is 682. The summed E-state index contributed by atoms with van der Waals surface area (Å²) in [4.78, 5) is 0. The van der Waals surface area contributed by atoms with E-state index in [1.165, 1.54) is 18.2 Å². The second-order valence-electron chi connectivity index (χ2n) is 4.05. The van der Waals surface area contributed by atoms with Gasteiger partial charge in [0, 0.05) is 10.7 Å². The van der Waals surface area contributed by atoms with Crippen molar-refractivity contribution in [2.45, 2.75) is 0 Å². The molecule has 0 unspecified atom stereocenters. The quantitative estimate of drug-likeness (QED) is 0.771. The minimum Gasteiger partial charge on any atom is -0.495 e. The van der Waals surface area contributed by atoms with E-state index in [0.29, 0.717) is 27.3 Å². The lowest BCUT2D eigenvalue weighted by Gasteiger charge is -2.14. The van der Waals surface area contributed by atoms with Crippen molar-refractivity contribution in [2.75, 3.05) is 17.7 Å². The summed E-state index contributed by atoms with van der Waals surface area (Å²) in [5.74, 6) is 0.110. The van der Waals surface area contributed by atoms with Crippen molar-refractivity contribution in [3.8, 4) is 5.75 Å². The van der Waals surface area contributed by atoms with Crippen molar-refractivity contribution in [1.82, 2.24) is 0 Å². The summed E-state index contributed by atoms with van der Waals surface area (Å²) >= 11 is 16.8. The summed E-state index contributed by atoms with van der Waals surface area (Å²) < 4.78 is 18.3. The van der Waals surface area contributed by atoms with Crippen LogP contribution >= 0.6 is 35.4 Å². The van der Waals surface area contributed by atoms with Gasteiger partial charge in [0.05, 0.1) is 17.8 Å². The van der Waals surface area contributed by atoms with Gasteiger partial charge in [0.25, 0.3) is 0 Å². The molecule has 0 saturated carbocycles. The monoisotopic (exact) mass is 344 g/mol. The molecule has 7 heteroatoms. The third-order valence-corrected chi connectivity index (χ3v) is 3.32. The lowest BCUT2D eigenvalue weighted by Crippen LogP contribution is -2.19. The Morgan fingerprint density at radius 1 is 1.14 bits per heavy atom. The Labute approximate surface area is 137 Å². The van der Waals surface area contributed by atoms with Gasteiger partial charge in [0.2, 0.25) is 0 Å². The number of hydrogen-bond acceptors (Lipinski definition) is 2. The maximum absolute atomic E-state index is 13.1. The van der Waals surface area contributed by atoms with Gasteiger partial charge < -0.3 is 15.4 Å². The summed E-state index contributed by atoms with van der Waals surface area (Å²) in [6.45, 7) is 0. The molecule has 3 nitrogen and oxygen atoms in total. The Morgan fingerprint density at radius 2 is 1.90 bits per heavy atom. The van der Waals surface area contributed by atoms with Gasteiger partial charge in [-0.1, -0.05) is 23.2 Å². The van der Waals surface area contributed by atoms with Crippen LogP contribution in [0.3, 0.4) is 0 Å². The van der Waals surface area contributed by atoms with Crippen LogP contribution in [0.1, 0.15) is 0 Å². The van der Waals surface area contributed by atoms with Gasteiger partial charge in [-0.25, -0.2) is 4.39 Å². The lowest BCUT2D eigenvalue weighted by atomic mass is 10.3. The number of rotatable bonds is 3. The minimum absolute atomic E-state index is 0.0168. The third-order valence-electron chi connectivity index (χ3n) is 2.59. The van der Waals surface area contributed by atoms with Crippen molar-refractivity contribution >= 4 is 51.9 Å². The molecule has 0 aromatic heterocycles. The second-order valence-corrected chi connectivity index (χ2v) is 5.30. The fraction of sp³-hybridized carbons (Fsp3) is 0.0714. The van der Waals surface area contributed by atoms with E-state index in [2.05, 4.69) is 10.6 Å². The average molecular weight is 345 g/mol. The Kier molecular flexibility index (Phi) is 5.22. The molecule has 0 bridgehead atoms. The van der Waals surface area contributed by atoms with Crippen LogP contribution in [0.5, 0.6) is 5.75 Å². The second kappa shape index (κ2) is 6.93. The van der Waals surface area contributed by atoms with Crippen molar-refractivity contribution < 1.29 is 9.13 Å². The van der Waals surface area contributed by atoms with E-state index in [4.69, 9.17) is 40.2 Å². The molecule has 110 valence electrons. The molecule has 0 amide bonds. The first-order valence-corrected chi connectivity index (χ1v) is 7.02. The Morgan fingerprint density at radius 3 is 2.57 bits per heavy atom. The first-order valence-electron chi connectivity index (χ1n) is 5.86. The molecule has 0 spiro atoms. The number of hydrogen-bond donors (Lipinski definition) is 2. The SMILES string of the molecule is COc1ccc(Cl)cc1NC(=S)Nc1ccc(F)c(Cl)c1. The summed E-state index contributed by atoms with van der Waals surface area (Å²) in [6, 6.07) is 9.35. The molecule has 0 aliphatic heterocycles. The van der Waals surface area contributed by atoms with Crippen LogP contribution in [0.4, 0.5) is 15.8 Å². The van der Waals surface area contributed by atoms with Crippen LogP contribution in [0.2, 0.25) is 10.0 Å². The van der Waals surface area contributed by atoms with Crippen LogP contribution in [0.25, 0.3) is 0 Å². The van der Waals surface area contributed by atoms with Crippen molar-refractivity contribution in [3.05, 3.63) is 52.3 Å². The molecule has 0 aliphatic carbocycles. The molecular formula is C14H11Cl2FN2OS. The summed E-state index contributed by atoms with van der Waals surface area (Å²) in [5.41, 5.74) is 1.19. The molecule has 0 atom stereocenters. The normalized spacial score (nSPS) is 10.1. The Balaban J connectivity index is 2.11. The number of anilines is 2. The molecule has 2 aromatic carbocycles. The zero-order valence-electron chi connectivity index (χ0n) is 10.9. The topological polar surface area (TPSA) is 33.3 Å². The molecule has 0 aliphatic rings. The van der Waals surface area contributed by atoms with E-state index in [9.17, 15) is 4.39 Å². The largest absolute Gasteiger partial charge is 0.495 e. The van der Waals surface area contributed by atoms with Crippen molar-refractivity contribution in [1.29, 1.82) is 0 Å². The van der Waals surface area contributed by atoms with E-state index in [1.807, 2.05) is 0 Å². The zero-order chi connectivity index (χ0) is 15.4. The highest BCUT2D eigenvalue weighted by Crippen LogP contribution is 2.28. The van der Waals surface area contributed by atoms with Crippen LogP contribution in [-0.2, 0) is 0 Å². The zero-order valence-corrected chi connectivity index (χ0v) is 13.2. The van der Waals surface area contributed by atoms with E-state index < -0.39 is 5.82 Å². The van der Waals surface area contributed by atoms with Crippen LogP contribution in [0, 0.1) is 5.82 Å². The van der Waals surface area contributed by atoms with Crippen LogP contribution in [-0.4, -0.2) is 12.2 Å². The van der Waals surface area contributed by atoms with Gasteiger partial charge in [-0.3, -0.25) is 0 Å². The number of halogens is 3. The number of nitrogens with one attached hydrogen (secondary N) is 2. The number of methoxy groups -OCH3 is 1. The van der Waals surface area contributed by atoms with Crippen molar-refractivity contribution in [3.63, 3.8) is 0 Å². The standard InChI is InChI=1S/C14H11Cl2FN2OS/c1-20-13-5-2-8(15)6-12(13)19-14(21)18-9-3-4-11(17)10(16)7-9/h2-7H,1H3,(H2,18,19,21). The lowest BCUT2D eigenvalue weighted by molar-refractivity contribution is 0.417. The highest BCUT2D eigenvalue weighted by Gasteiger charge is 2.07. The number of thiocarbonyl (C=S) groups is 1. The van der Waals surface area contributed by atoms with Gasteiger partial charge >= 0.3 is 0 Å². The predicted molar refractivity (Wildman–Crippen MR) is 89.3 cm³/mol. The first-order chi connectivity index (χ1) is 9.99. The van der Waals surface area contributed by atoms with E-state index in [0.717, 1.165) is 0 Å². The smallest absolute Gasteiger partial charge is 0.175 e. The molecule has 2 N–H and O–H groups in total. The molecule has 2 rings (SSSR count). The number of benzene rings is 2. The van der Waals surface area contributed by atoms with Crippen LogP contribution < -0.4 is 15.4 Å². The average Bonchev–Trinajstić information content (AvgIpc) is 2.43. The summed E-state index contributed by atoms with van der Waals surface area (Å²) in [5, 5.41) is 6.73. The molecule has 0 heterocycles. The maximum Gasteiger partial charge on any atom is 0.175 e. The van der Waals surface area contributed by atoms with Gasteiger partial charge in [-0.2, -0.15) is 0 Å².